The number of amides is 3. The number of nitrogens with zero attached hydrogens (tertiary/aromatic N) is 1. The van der Waals surface area contributed by atoms with E-state index in [-0.39, 0.29) is 17.7 Å². The van der Waals surface area contributed by atoms with Gasteiger partial charge in [0, 0.05) is 31.3 Å². The van der Waals surface area contributed by atoms with Crippen LogP contribution in [0.15, 0.2) is 24.3 Å². The van der Waals surface area contributed by atoms with Gasteiger partial charge < -0.3 is 15.5 Å². The topological polar surface area (TPSA) is 78.5 Å². The molecule has 1 atom stereocenters. The van der Waals surface area contributed by atoms with Gasteiger partial charge in [-0.3, -0.25) is 14.4 Å². The monoisotopic (exact) mass is 333 g/mol. The SMILES string of the molecule is CCCN(CCC)C(=O)c1ccc(NC(=O)C(C)NC(C)=O)cc1. The van der Waals surface area contributed by atoms with Crippen molar-refractivity contribution in [2.24, 2.45) is 0 Å². The first-order valence-corrected chi connectivity index (χ1v) is 8.36. The molecule has 6 nitrogen and oxygen atoms in total. The molecule has 0 fully saturated rings. The van der Waals surface area contributed by atoms with E-state index in [4.69, 9.17) is 0 Å². The summed E-state index contributed by atoms with van der Waals surface area (Å²) in [6, 6.07) is 6.19. The summed E-state index contributed by atoms with van der Waals surface area (Å²) in [4.78, 5) is 37.2. The molecule has 0 bridgehead atoms. The maximum Gasteiger partial charge on any atom is 0.253 e. The predicted molar refractivity (Wildman–Crippen MR) is 94.8 cm³/mol. The predicted octanol–water partition coefficient (Wildman–Crippen LogP) is 2.41. The van der Waals surface area contributed by atoms with Crippen LogP contribution >= 0.6 is 0 Å². The second-order valence-electron chi connectivity index (χ2n) is 5.78. The molecule has 3 amide bonds. The zero-order valence-corrected chi connectivity index (χ0v) is 14.9. The molecule has 2 N–H and O–H groups in total. The van der Waals surface area contributed by atoms with Crippen LogP contribution in [0.4, 0.5) is 5.69 Å². The van der Waals surface area contributed by atoms with Gasteiger partial charge in [0.25, 0.3) is 5.91 Å². The number of nitrogens with one attached hydrogen (secondary N) is 2. The van der Waals surface area contributed by atoms with Gasteiger partial charge >= 0.3 is 0 Å². The van der Waals surface area contributed by atoms with Gasteiger partial charge in [-0.1, -0.05) is 13.8 Å². The number of hydrogen-bond acceptors (Lipinski definition) is 3. The van der Waals surface area contributed by atoms with E-state index in [1.807, 2.05) is 18.7 Å². The highest BCUT2D eigenvalue weighted by molar-refractivity contribution is 5.98. The van der Waals surface area contributed by atoms with E-state index in [1.165, 1.54) is 6.92 Å². The van der Waals surface area contributed by atoms with E-state index in [9.17, 15) is 14.4 Å². The minimum Gasteiger partial charge on any atom is -0.345 e. The number of carbonyl (C=O) groups is 3. The molecule has 0 spiro atoms. The lowest BCUT2D eigenvalue weighted by Crippen LogP contribution is -2.40. The summed E-state index contributed by atoms with van der Waals surface area (Å²) in [5, 5.41) is 5.24. The first-order chi connectivity index (χ1) is 11.4. The van der Waals surface area contributed by atoms with Gasteiger partial charge in [-0.15, -0.1) is 0 Å². The lowest BCUT2D eigenvalue weighted by atomic mass is 10.1. The fourth-order valence-electron chi connectivity index (χ4n) is 2.35. The van der Waals surface area contributed by atoms with Crippen molar-refractivity contribution in [3.05, 3.63) is 29.8 Å². The largest absolute Gasteiger partial charge is 0.345 e. The molecule has 1 rings (SSSR count). The zero-order valence-electron chi connectivity index (χ0n) is 14.9. The van der Waals surface area contributed by atoms with Gasteiger partial charge in [-0.05, 0) is 44.0 Å². The first-order valence-electron chi connectivity index (χ1n) is 8.36. The normalized spacial score (nSPS) is 11.5. The van der Waals surface area contributed by atoms with Gasteiger partial charge in [0.05, 0.1) is 0 Å². The van der Waals surface area contributed by atoms with Crippen molar-refractivity contribution in [2.75, 3.05) is 18.4 Å². The van der Waals surface area contributed by atoms with Crippen LogP contribution in [0.2, 0.25) is 0 Å². The fraction of sp³-hybridized carbons (Fsp3) is 0.500. The van der Waals surface area contributed by atoms with E-state index in [2.05, 4.69) is 10.6 Å². The van der Waals surface area contributed by atoms with Crippen molar-refractivity contribution in [1.29, 1.82) is 0 Å². The molecule has 0 saturated heterocycles. The Hall–Kier alpha value is -2.37. The Balaban J connectivity index is 2.72. The molecule has 0 aliphatic heterocycles. The van der Waals surface area contributed by atoms with Crippen LogP contribution in [0.1, 0.15) is 50.9 Å². The van der Waals surface area contributed by atoms with Gasteiger partial charge in [-0.25, -0.2) is 0 Å². The Morgan fingerprint density at radius 2 is 1.58 bits per heavy atom. The minimum atomic E-state index is -0.617. The van der Waals surface area contributed by atoms with E-state index in [1.54, 1.807) is 31.2 Å². The van der Waals surface area contributed by atoms with Gasteiger partial charge in [0.1, 0.15) is 6.04 Å². The van der Waals surface area contributed by atoms with Crippen LogP contribution < -0.4 is 10.6 Å². The third-order valence-electron chi connectivity index (χ3n) is 3.49. The molecule has 0 aliphatic rings. The van der Waals surface area contributed by atoms with Crippen LogP contribution in [0.25, 0.3) is 0 Å². The van der Waals surface area contributed by atoms with Crippen molar-refractivity contribution in [3.63, 3.8) is 0 Å². The summed E-state index contributed by atoms with van der Waals surface area (Å²) in [7, 11) is 0. The molecule has 0 heterocycles. The Labute approximate surface area is 143 Å². The molecule has 132 valence electrons. The van der Waals surface area contributed by atoms with Gasteiger partial charge in [0.15, 0.2) is 0 Å². The number of benzene rings is 1. The summed E-state index contributed by atoms with van der Waals surface area (Å²) in [6.45, 7) is 8.54. The third-order valence-corrected chi connectivity index (χ3v) is 3.49. The van der Waals surface area contributed by atoms with Crippen LogP contribution in [0.3, 0.4) is 0 Å². The molecule has 6 heteroatoms. The van der Waals surface area contributed by atoms with Crippen molar-refractivity contribution >= 4 is 23.4 Å². The maximum absolute atomic E-state index is 12.5. The Morgan fingerprint density at radius 3 is 2.04 bits per heavy atom. The van der Waals surface area contributed by atoms with E-state index in [0.717, 1.165) is 25.9 Å². The van der Waals surface area contributed by atoms with Crippen molar-refractivity contribution in [2.45, 2.75) is 46.6 Å². The summed E-state index contributed by atoms with van der Waals surface area (Å²) in [5.74, 6) is -0.559. The smallest absolute Gasteiger partial charge is 0.253 e. The zero-order chi connectivity index (χ0) is 18.1. The van der Waals surface area contributed by atoms with Crippen LogP contribution in [-0.4, -0.2) is 41.8 Å². The second-order valence-corrected chi connectivity index (χ2v) is 5.78. The first kappa shape index (κ1) is 19.7. The van der Waals surface area contributed by atoms with E-state index in [0.29, 0.717) is 11.3 Å². The molecule has 0 aliphatic carbocycles. The van der Waals surface area contributed by atoms with Gasteiger partial charge in [-0.2, -0.15) is 0 Å². The molecule has 0 aromatic heterocycles. The number of rotatable bonds is 8. The molecule has 1 aromatic carbocycles. The maximum atomic E-state index is 12.5. The fourth-order valence-corrected chi connectivity index (χ4v) is 2.35. The Morgan fingerprint density at radius 1 is 1.04 bits per heavy atom. The van der Waals surface area contributed by atoms with Crippen LogP contribution in [0, 0.1) is 0 Å². The molecule has 1 aromatic rings. The lowest BCUT2D eigenvalue weighted by molar-refractivity contribution is -0.124. The highest BCUT2D eigenvalue weighted by atomic mass is 16.2. The summed E-state index contributed by atoms with van der Waals surface area (Å²) >= 11 is 0. The highest BCUT2D eigenvalue weighted by Crippen LogP contribution is 2.13. The Bertz CT molecular complexity index is 563. The van der Waals surface area contributed by atoms with Crippen LogP contribution in [-0.2, 0) is 9.59 Å². The highest BCUT2D eigenvalue weighted by Gasteiger charge is 2.16. The summed E-state index contributed by atoms with van der Waals surface area (Å²) in [6.07, 6.45) is 1.84. The molecular weight excluding hydrogens is 306 g/mol. The minimum absolute atomic E-state index is 0.00295. The summed E-state index contributed by atoms with van der Waals surface area (Å²) < 4.78 is 0. The molecule has 0 radical (unpaired) electrons. The van der Waals surface area contributed by atoms with E-state index >= 15 is 0 Å². The Kier molecular flexibility index (Phi) is 7.95. The second kappa shape index (κ2) is 9.70. The van der Waals surface area contributed by atoms with Crippen molar-refractivity contribution in [3.8, 4) is 0 Å². The standard InChI is InChI=1S/C18H27N3O3/c1-5-11-21(12-6-2)18(24)15-7-9-16(10-8-15)20-17(23)13(3)19-14(4)22/h7-10,13H,5-6,11-12H2,1-4H3,(H,19,22)(H,20,23). The third kappa shape index (κ3) is 6.02. The lowest BCUT2D eigenvalue weighted by Gasteiger charge is -2.21. The average molecular weight is 333 g/mol. The average Bonchev–Trinajstić information content (AvgIpc) is 2.54. The van der Waals surface area contributed by atoms with E-state index < -0.39 is 6.04 Å². The molecule has 24 heavy (non-hydrogen) atoms. The quantitative estimate of drug-likeness (QED) is 0.767. The van der Waals surface area contributed by atoms with Gasteiger partial charge in [0.2, 0.25) is 11.8 Å². The molecule has 1 unspecified atom stereocenters. The molecule has 0 saturated carbocycles. The summed E-state index contributed by atoms with van der Waals surface area (Å²) in [5.41, 5.74) is 1.19. The number of hydrogen-bond donors (Lipinski definition) is 2. The number of anilines is 1. The molecular formula is C18H27N3O3. The van der Waals surface area contributed by atoms with Crippen LogP contribution in [0.5, 0.6) is 0 Å². The van der Waals surface area contributed by atoms with Crippen molar-refractivity contribution < 1.29 is 14.4 Å². The van der Waals surface area contributed by atoms with Crippen molar-refractivity contribution in [1.82, 2.24) is 10.2 Å². The number of carbonyl (C=O) groups excluding carboxylic acids is 3.